The fourth-order valence-electron chi connectivity index (χ4n) is 2.66. The maximum absolute atomic E-state index is 12.3. The normalized spacial score (nSPS) is 16.4. The van der Waals surface area contributed by atoms with Crippen LogP contribution in [0.3, 0.4) is 0 Å². The summed E-state index contributed by atoms with van der Waals surface area (Å²) in [5.41, 5.74) is 0.401. The van der Waals surface area contributed by atoms with Gasteiger partial charge in [0.15, 0.2) is 0 Å². The lowest BCUT2D eigenvalue weighted by Crippen LogP contribution is -2.35. The topological polar surface area (TPSA) is 72.7 Å². The number of amides is 1. The van der Waals surface area contributed by atoms with Crippen molar-refractivity contribution in [2.45, 2.75) is 44.6 Å². The molecule has 2 heterocycles. The Kier molecular flexibility index (Phi) is 4.23. The predicted molar refractivity (Wildman–Crippen MR) is 78.1 cm³/mol. The Morgan fingerprint density at radius 3 is 2.71 bits per heavy atom. The quantitative estimate of drug-likeness (QED) is 0.877. The van der Waals surface area contributed by atoms with E-state index in [9.17, 15) is 4.79 Å². The molecule has 0 bridgehead atoms. The van der Waals surface area contributed by atoms with Gasteiger partial charge < -0.3 is 5.32 Å². The van der Waals surface area contributed by atoms with Crippen molar-refractivity contribution >= 4 is 5.91 Å². The summed E-state index contributed by atoms with van der Waals surface area (Å²) in [5, 5.41) is 3.09. The molecule has 1 saturated carbocycles. The molecule has 1 aliphatic rings. The first-order chi connectivity index (χ1) is 10.3. The summed E-state index contributed by atoms with van der Waals surface area (Å²) in [6, 6.07) is 1.92. The summed E-state index contributed by atoms with van der Waals surface area (Å²) in [5.74, 6) is 0.340. The van der Waals surface area contributed by atoms with Crippen LogP contribution in [0.15, 0.2) is 31.0 Å². The second-order valence-electron chi connectivity index (χ2n) is 5.37. The Morgan fingerprint density at radius 1 is 1.19 bits per heavy atom. The van der Waals surface area contributed by atoms with Gasteiger partial charge in [-0.1, -0.05) is 25.7 Å². The number of aromatic nitrogens is 4. The molecule has 0 saturated heterocycles. The summed E-state index contributed by atoms with van der Waals surface area (Å²) in [7, 11) is 0. The largest absolute Gasteiger partial charge is 0.348 e. The molecule has 21 heavy (non-hydrogen) atoms. The lowest BCUT2D eigenvalue weighted by atomic mass is 10.1. The monoisotopic (exact) mass is 285 g/mol. The highest BCUT2D eigenvalue weighted by atomic mass is 16.1. The van der Waals surface area contributed by atoms with Gasteiger partial charge in [-0.3, -0.25) is 9.36 Å². The molecule has 2 aromatic heterocycles. The van der Waals surface area contributed by atoms with E-state index in [1.807, 2.05) is 0 Å². The van der Waals surface area contributed by atoms with E-state index in [2.05, 4.69) is 20.3 Å². The molecule has 1 N–H and O–H groups in total. The molecular weight excluding hydrogens is 266 g/mol. The Balaban J connectivity index is 1.71. The molecular formula is C15H19N5O. The Hall–Kier alpha value is -2.24. The number of carbonyl (C=O) groups is 1. The first-order valence-corrected chi connectivity index (χ1v) is 7.45. The zero-order valence-corrected chi connectivity index (χ0v) is 11.9. The highest BCUT2D eigenvalue weighted by molar-refractivity contribution is 5.92. The van der Waals surface area contributed by atoms with E-state index in [0.29, 0.717) is 11.6 Å². The van der Waals surface area contributed by atoms with Crippen molar-refractivity contribution in [3.63, 3.8) is 0 Å². The second-order valence-corrected chi connectivity index (χ2v) is 5.37. The van der Waals surface area contributed by atoms with E-state index >= 15 is 0 Å². The van der Waals surface area contributed by atoms with Gasteiger partial charge in [0.2, 0.25) is 5.95 Å². The van der Waals surface area contributed by atoms with Gasteiger partial charge in [-0.2, -0.15) is 0 Å². The number of nitrogens with zero attached hydrogens (tertiary/aromatic N) is 4. The first-order valence-electron chi connectivity index (χ1n) is 7.45. The smallest absolute Gasteiger partial charge is 0.270 e. The minimum atomic E-state index is -0.120. The number of hydrogen-bond acceptors (Lipinski definition) is 4. The minimum absolute atomic E-state index is 0.120. The minimum Gasteiger partial charge on any atom is -0.348 e. The number of imidazole rings is 1. The molecule has 0 spiro atoms. The molecule has 6 heteroatoms. The Bertz CT molecular complexity index is 588. The van der Waals surface area contributed by atoms with Crippen molar-refractivity contribution < 1.29 is 4.79 Å². The van der Waals surface area contributed by atoms with Gasteiger partial charge in [0.05, 0.1) is 0 Å². The molecule has 0 atom stereocenters. The fraction of sp³-hybridized carbons (Fsp3) is 0.467. The lowest BCUT2D eigenvalue weighted by molar-refractivity contribution is 0.0928. The average Bonchev–Trinajstić information content (AvgIpc) is 2.93. The van der Waals surface area contributed by atoms with Crippen molar-refractivity contribution in [1.82, 2.24) is 24.8 Å². The van der Waals surface area contributed by atoms with Gasteiger partial charge in [-0.05, 0) is 18.9 Å². The molecule has 0 aromatic carbocycles. The van der Waals surface area contributed by atoms with Gasteiger partial charge in [0.25, 0.3) is 5.91 Å². The maximum atomic E-state index is 12.3. The summed E-state index contributed by atoms with van der Waals surface area (Å²) in [4.78, 5) is 24.7. The standard InChI is InChI=1S/C15H19N5O/c21-14(18-12-5-3-1-2-4-6-12)13-7-8-17-15(19-13)20-10-9-16-11-20/h7-12H,1-6H2,(H,18,21). The van der Waals surface area contributed by atoms with Crippen LogP contribution in [-0.4, -0.2) is 31.5 Å². The van der Waals surface area contributed by atoms with Crippen molar-refractivity contribution in [1.29, 1.82) is 0 Å². The third-order valence-corrected chi connectivity index (χ3v) is 3.80. The molecule has 1 amide bonds. The number of carbonyl (C=O) groups excluding carboxylic acids is 1. The molecule has 3 rings (SSSR count). The van der Waals surface area contributed by atoms with Crippen LogP contribution < -0.4 is 5.32 Å². The van der Waals surface area contributed by atoms with E-state index in [1.165, 1.54) is 25.7 Å². The van der Waals surface area contributed by atoms with E-state index < -0.39 is 0 Å². The van der Waals surface area contributed by atoms with Crippen LogP contribution in [0, 0.1) is 0 Å². The molecule has 0 radical (unpaired) electrons. The van der Waals surface area contributed by atoms with Gasteiger partial charge in [0.1, 0.15) is 12.0 Å². The number of hydrogen-bond donors (Lipinski definition) is 1. The number of nitrogens with one attached hydrogen (secondary N) is 1. The Morgan fingerprint density at radius 2 is 2.00 bits per heavy atom. The van der Waals surface area contributed by atoms with Gasteiger partial charge in [-0.25, -0.2) is 15.0 Å². The van der Waals surface area contributed by atoms with Gasteiger partial charge in [0, 0.05) is 24.6 Å². The zero-order valence-electron chi connectivity index (χ0n) is 11.9. The van der Waals surface area contributed by atoms with Crippen LogP contribution in [-0.2, 0) is 0 Å². The van der Waals surface area contributed by atoms with Crippen molar-refractivity contribution in [2.75, 3.05) is 0 Å². The van der Waals surface area contributed by atoms with E-state index in [-0.39, 0.29) is 11.9 Å². The Labute approximate surface area is 123 Å². The molecule has 0 unspecified atom stereocenters. The second kappa shape index (κ2) is 6.47. The van der Waals surface area contributed by atoms with Crippen LogP contribution in [0.4, 0.5) is 0 Å². The SMILES string of the molecule is O=C(NC1CCCCCC1)c1ccnc(-n2ccnc2)n1. The van der Waals surface area contributed by atoms with Crippen molar-refractivity contribution in [3.8, 4) is 5.95 Å². The molecule has 1 fully saturated rings. The van der Waals surface area contributed by atoms with E-state index in [0.717, 1.165) is 12.8 Å². The van der Waals surface area contributed by atoms with Crippen LogP contribution in [0.2, 0.25) is 0 Å². The highest BCUT2D eigenvalue weighted by Crippen LogP contribution is 2.17. The zero-order chi connectivity index (χ0) is 14.5. The van der Waals surface area contributed by atoms with Crippen LogP contribution in [0.1, 0.15) is 49.0 Å². The predicted octanol–water partition coefficient (Wildman–Crippen LogP) is 2.11. The van der Waals surface area contributed by atoms with Gasteiger partial charge >= 0.3 is 0 Å². The van der Waals surface area contributed by atoms with Gasteiger partial charge in [-0.15, -0.1) is 0 Å². The summed E-state index contributed by atoms with van der Waals surface area (Å²) in [6.07, 6.45) is 13.7. The third kappa shape index (κ3) is 3.45. The molecule has 6 nitrogen and oxygen atoms in total. The van der Waals surface area contributed by atoms with E-state index in [4.69, 9.17) is 0 Å². The van der Waals surface area contributed by atoms with Crippen molar-refractivity contribution in [2.24, 2.45) is 0 Å². The van der Waals surface area contributed by atoms with E-state index in [1.54, 1.807) is 35.6 Å². The van der Waals surface area contributed by atoms with Crippen LogP contribution >= 0.6 is 0 Å². The van der Waals surface area contributed by atoms with Crippen molar-refractivity contribution in [3.05, 3.63) is 36.7 Å². The fourth-order valence-corrected chi connectivity index (χ4v) is 2.66. The highest BCUT2D eigenvalue weighted by Gasteiger charge is 2.17. The first kappa shape index (κ1) is 13.7. The summed E-state index contributed by atoms with van der Waals surface area (Å²) >= 11 is 0. The summed E-state index contributed by atoms with van der Waals surface area (Å²) in [6.45, 7) is 0. The van der Waals surface area contributed by atoms with Crippen LogP contribution in [0.25, 0.3) is 5.95 Å². The summed E-state index contributed by atoms with van der Waals surface area (Å²) < 4.78 is 1.68. The third-order valence-electron chi connectivity index (χ3n) is 3.80. The molecule has 0 aliphatic heterocycles. The average molecular weight is 285 g/mol. The maximum Gasteiger partial charge on any atom is 0.270 e. The molecule has 1 aliphatic carbocycles. The molecule has 2 aromatic rings. The van der Waals surface area contributed by atoms with Crippen LogP contribution in [0.5, 0.6) is 0 Å². The number of rotatable bonds is 3. The lowest BCUT2D eigenvalue weighted by Gasteiger charge is -2.15. The molecule has 110 valence electrons.